The van der Waals surface area contributed by atoms with Gasteiger partial charge >= 0.3 is 0 Å². The second-order valence-corrected chi connectivity index (χ2v) is 2.22. The third-order valence-electron chi connectivity index (χ3n) is 0.873. The molecule has 1 N–H and O–H groups in total. The fourth-order valence-electron chi connectivity index (χ4n) is 0.356. The standard InChI is InChI=1S/C5H16N4O4/c1-7(2)11-6-12-9(4)13-8(3)10-5/h6H,1-5H3. The molecule has 13 heavy (non-hydrogen) atoms. The van der Waals surface area contributed by atoms with Gasteiger partial charge in [0, 0.05) is 28.2 Å². The number of nitrogens with one attached hydrogen (secondary N) is 1. The molecular weight excluding hydrogens is 180 g/mol. The molecule has 0 aromatic rings. The van der Waals surface area contributed by atoms with Crippen LogP contribution in [0, 0.1) is 0 Å². The Balaban J connectivity index is 3.34. The Bertz CT molecular complexity index is 125. The van der Waals surface area contributed by atoms with E-state index in [1.165, 1.54) is 19.2 Å². The van der Waals surface area contributed by atoms with Crippen LogP contribution in [0.2, 0.25) is 0 Å². The Morgan fingerprint density at radius 3 is 2.00 bits per heavy atom. The molecular formula is C5H16N4O4. The van der Waals surface area contributed by atoms with Gasteiger partial charge in [0.25, 0.3) is 0 Å². The van der Waals surface area contributed by atoms with Gasteiger partial charge in [-0.15, -0.1) is 0 Å². The van der Waals surface area contributed by atoms with Crippen LogP contribution < -0.4 is 5.64 Å². The maximum atomic E-state index is 4.84. The Morgan fingerprint density at radius 1 is 0.923 bits per heavy atom. The van der Waals surface area contributed by atoms with E-state index in [1.807, 2.05) is 0 Å². The monoisotopic (exact) mass is 196 g/mol. The largest absolute Gasteiger partial charge is 0.276 e. The molecule has 0 unspecified atom stereocenters. The molecule has 0 saturated carbocycles. The SMILES string of the molecule is CON(C)ON(C)ONON(C)C. The van der Waals surface area contributed by atoms with E-state index in [2.05, 4.69) is 10.5 Å². The first-order valence-electron chi connectivity index (χ1n) is 3.52. The maximum Gasteiger partial charge on any atom is 0.0602 e. The smallest absolute Gasteiger partial charge is 0.0602 e. The normalized spacial score (nSPS) is 12.0. The van der Waals surface area contributed by atoms with Gasteiger partial charge in [-0.3, -0.25) is 4.84 Å². The molecule has 8 nitrogen and oxygen atoms in total. The highest BCUT2D eigenvalue weighted by molar-refractivity contribution is 3.98. The van der Waals surface area contributed by atoms with Crippen molar-refractivity contribution in [1.82, 2.24) is 21.2 Å². The molecule has 0 aliphatic heterocycles. The van der Waals surface area contributed by atoms with E-state index < -0.39 is 0 Å². The lowest BCUT2D eigenvalue weighted by molar-refractivity contribution is -0.543. The van der Waals surface area contributed by atoms with Crippen LogP contribution in [-0.2, 0) is 19.7 Å². The van der Waals surface area contributed by atoms with Crippen LogP contribution in [0.1, 0.15) is 0 Å². The van der Waals surface area contributed by atoms with Gasteiger partial charge < -0.3 is 0 Å². The Morgan fingerprint density at radius 2 is 1.54 bits per heavy atom. The Kier molecular flexibility index (Phi) is 6.94. The number of hydroxylamine groups is 6. The van der Waals surface area contributed by atoms with Crippen molar-refractivity contribution in [2.45, 2.75) is 0 Å². The number of hydrogen-bond acceptors (Lipinski definition) is 8. The summed E-state index contributed by atoms with van der Waals surface area (Å²) in [5.41, 5.74) is 2.16. The second-order valence-electron chi connectivity index (χ2n) is 2.22. The molecule has 0 bridgehead atoms. The molecule has 8 heteroatoms. The van der Waals surface area contributed by atoms with Crippen molar-refractivity contribution in [2.75, 3.05) is 35.3 Å². The van der Waals surface area contributed by atoms with Crippen molar-refractivity contribution in [2.24, 2.45) is 0 Å². The third-order valence-corrected chi connectivity index (χ3v) is 0.873. The van der Waals surface area contributed by atoms with Crippen molar-refractivity contribution in [3.8, 4) is 0 Å². The van der Waals surface area contributed by atoms with Crippen molar-refractivity contribution >= 4 is 0 Å². The molecule has 80 valence electrons. The summed E-state index contributed by atoms with van der Waals surface area (Å²) in [5.74, 6) is 0. The van der Waals surface area contributed by atoms with Crippen molar-refractivity contribution in [3.63, 3.8) is 0 Å². The van der Waals surface area contributed by atoms with E-state index in [1.54, 1.807) is 21.1 Å². The van der Waals surface area contributed by atoms with Crippen LogP contribution >= 0.6 is 0 Å². The average molecular weight is 196 g/mol. The lowest BCUT2D eigenvalue weighted by atomic mass is 11.2. The zero-order chi connectivity index (χ0) is 10.3. The fraction of sp³-hybridized carbons (Fsp3) is 1.00. The van der Waals surface area contributed by atoms with E-state index in [0.717, 1.165) is 10.5 Å². The van der Waals surface area contributed by atoms with E-state index >= 15 is 0 Å². The highest BCUT2D eigenvalue weighted by Gasteiger charge is 2.03. The quantitative estimate of drug-likeness (QED) is 0.526. The summed E-state index contributed by atoms with van der Waals surface area (Å²) in [6.45, 7) is 0. The van der Waals surface area contributed by atoms with Gasteiger partial charge in [0.05, 0.1) is 7.11 Å². The molecule has 0 heterocycles. The van der Waals surface area contributed by atoms with E-state index in [4.69, 9.17) is 14.8 Å². The molecule has 0 spiro atoms. The number of nitrogens with zero attached hydrogens (tertiary/aromatic N) is 3. The molecule has 0 amide bonds. The van der Waals surface area contributed by atoms with Crippen LogP contribution in [0.15, 0.2) is 0 Å². The molecule has 0 saturated heterocycles. The van der Waals surface area contributed by atoms with Gasteiger partial charge in [0.15, 0.2) is 0 Å². The first-order valence-corrected chi connectivity index (χ1v) is 3.52. The Labute approximate surface area is 77.2 Å². The first-order chi connectivity index (χ1) is 6.06. The number of hydrogen-bond donors (Lipinski definition) is 1. The summed E-state index contributed by atoms with van der Waals surface area (Å²) < 4.78 is 0. The van der Waals surface area contributed by atoms with Crippen molar-refractivity contribution < 1.29 is 19.7 Å². The van der Waals surface area contributed by atoms with Crippen LogP contribution in [0.5, 0.6) is 0 Å². The maximum absolute atomic E-state index is 4.84. The molecule has 0 aliphatic rings. The van der Waals surface area contributed by atoms with Gasteiger partial charge in [-0.05, 0) is 16.1 Å². The fourth-order valence-corrected chi connectivity index (χ4v) is 0.356. The molecule has 0 rings (SSSR count). The summed E-state index contributed by atoms with van der Waals surface area (Å²) in [6.07, 6.45) is 0. The summed E-state index contributed by atoms with van der Waals surface area (Å²) in [6, 6.07) is 0. The zero-order valence-electron chi connectivity index (χ0n) is 8.47. The van der Waals surface area contributed by atoms with Crippen LogP contribution in [0.25, 0.3) is 0 Å². The minimum absolute atomic E-state index is 1.01. The molecule has 0 radical (unpaired) electrons. The molecule has 0 aromatic carbocycles. The highest BCUT2D eigenvalue weighted by atomic mass is 17.2. The van der Waals surface area contributed by atoms with E-state index in [9.17, 15) is 0 Å². The van der Waals surface area contributed by atoms with E-state index in [-0.39, 0.29) is 0 Å². The van der Waals surface area contributed by atoms with Crippen LogP contribution in [-0.4, -0.2) is 50.8 Å². The minimum Gasteiger partial charge on any atom is -0.276 e. The third kappa shape index (κ3) is 8.02. The van der Waals surface area contributed by atoms with Crippen LogP contribution in [0.4, 0.5) is 0 Å². The Hall–Kier alpha value is -0.320. The first kappa shape index (κ1) is 12.7. The van der Waals surface area contributed by atoms with E-state index in [0.29, 0.717) is 0 Å². The lowest BCUT2D eigenvalue weighted by Crippen LogP contribution is -2.36. The van der Waals surface area contributed by atoms with Gasteiger partial charge in [-0.2, -0.15) is 19.9 Å². The summed E-state index contributed by atoms with van der Waals surface area (Å²) in [4.78, 5) is 18.9. The summed E-state index contributed by atoms with van der Waals surface area (Å²) in [7, 11) is 7.92. The van der Waals surface area contributed by atoms with Crippen LogP contribution in [0.3, 0.4) is 0 Å². The van der Waals surface area contributed by atoms with Gasteiger partial charge in [0.1, 0.15) is 0 Å². The van der Waals surface area contributed by atoms with Crippen molar-refractivity contribution in [1.29, 1.82) is 0 Å². The number of rotatable bonds is 7. The van der Waals surface area contributed by atoms with Gasteiger partial charge in [-0.1, -0.05) is 0 Å². The average Bonchev–Trinajstić information content (AvgIpc) is 2.03. The molecule has 0 fully saturated rings. The molecule has 0 atom stereocenters. The zero-order valence-corrected chi connectivity index (χ0v) is 8.47. The van der Waals surface area contributed by atoms with Gasteiger partial charge in [-0.25, -0.2) is 0 Å². The predicted octanol–water partition coefficient (Wildman–Crippen LogP) is -0.898. The second kappa shape index (κ2) is 7.12. The summed E-state index contributed by atoms with van der Waals surface area (Å²) in [5, 5.41) is 3.51. The predicted molar refractivity (Wildman–Crippen MR) is 42.6 cm³/mol. The minimum atomic E-state index is 1.01. The van der Waals surface area contributed by atoms with Crippen molar-refractivity contribution in [3.05, 3.63) is 0 Å². The topological polar surface area (TPSA) is 58.7 Å². The van der Waals surface area contributed by atoms with Gasteiger partial charge in [0.2, 0.25) is 0 Å². The highest BCUT2D eigenvalue weighted by Crippen LogP contribution is 1.89. The molecule has 0 aliphatic carbocycles. The lowest BCUT2D eigenvalue weighted by Gasteiger charge is -2.20. The molecule has 0 aromatic heterocycles. The summed E-state index contributed by atoms with van der Waals surface area (Å²) >= 11 is 0.